The van der Waals surface area contributed by atoms with E-state index in [1.165, 1.54) is 34.1 Å². The Morgan fingerprint density at radius 1 is 1.08 bits per heavy atom. The number of halogens is 3. The minimum atomic E-state index is -5.08. The molecule has 1 amide bonds. The zero-order valence-electron chi connectivity index (χ0n) is 14.8. The van der Waals surface area contributed by atoms with E-state index >= 15 is 0 Å². The Kier molecular flexibility index (Phi) is 5.36. The van der Waals surface area contributed by atoms with Gasteiger partial charge in [-0.05, 0) is 19.2 Å². The summed E-state index contributed by atoms with van der Waals surface area (Å²) in [4.78, 5) is 11.5. The maximum Gasteiger partial charge on any atom is 0.471 e. The highest BCUT2D eigenvalue weighted by molar-refractivity contribution is 5.94. The van der Waals surface area contributed by atoms with Crippen LogP contribution in [0.2, 0.25) is 0 Å². The molecule has 0 heterocycles. The van der Waals surface area contributed by atoms with E-state index in [4.69, 9.17) is 9.47 Å². The van der Waals surface area contributed by atoms with Gasteiger partial charge in [0.2, 0.25) is 0 Å². The van der Waals surface area contributed by atoms with Gasteiger partial charge in [0.05, 0.1) is 25.9 Å². The van der Waals surface area contributed by atoms with Crippen LogP contribution in [0.25, 0.3) is 10.8 Å². The van der Waals surface area contributed by atoms with Gasteiger partial charge in [-0.25, -0.2) is 0 Å². The molecule has 0 saturated heterocycles. The number of ether oxygens (including phenoxy) is 2. The first-order valence-electron chi connectivity index (χ1n) is 7.74. The Bertz CT molecular complexity index is 812. The summed E-state index contributed by atoms with van der Waals surface area (Å²) in [6.07, 6.45) is -5.08. The highest BCUT2D eigenvalue weighted by Gasteiger charge is 2.43. The second-order valence-electron chi connectivity index (χ2n) is 6.30. The summed E-state index contributed by atoms with van der Waals surface area (Å²) in [6.45, 7) is 2.62. The molecule has 0 aliphatic rings. The predicted octanol–water partition coefficient (Wildman–Crippen LogP) is 3.35. The maximum absolute atomic E-state index is 12.8. The van der Waals surface area contributed by atoms with Crippen LogP contribution in [0, 0.1) is 0 Å². The fraction of sp³-hybridized carbons (Fsp3) is 0.389. The molecule has 2 aromatic rings. The van der Waals surface area contributed by atoms with Crippen molar-refractivity contribution in [2.24, 2.45) is 0 Å². The molecular formula is C18H20F3NO4. The van der Waals surface area contributed by atoms with E-state index in [1.807, 2.05) is 5.32 Å². The van der Waals surface area contributed by atoms with Gasteiger partial charge in [0.1, 0.15) is 11.5 Å². The third kappa shape index (κ3) is 3.85. The first kappa shape index (κ1) is 19.8. The molecular weight excluding hydrogens is 351 g/mol. The second-order valence-corrected chi connectivity index (χ2v) is 6.30. The Hall–Kier alpha value is -2.48. The standard InChI is InChI=1S/C18H20F3NO4/c1-17(2,24)15(22-16(23)18(19,20)21)14-11-8-6-5-7-10(11)12(25-3)9-13(14)26-4/h5-9,15,24H,1-4H3,(H,22,23). The lowest BCUT2D eigenvalue weighted by molar-refractivity contribution is -0.176. The molecule has 1 unspecified atom stereocenters. The van der Waals surface area contributed by atoms with Crippen molar-refractivity contribution in [1.82, 2.24) is 5.32 Å². The average Bonchev–Trinajstić information content (AvgIpc) is 2.56. The van der Waals surface area contributed by atoms with Crippen LogP contribution in [0.4, 0.5) is 13.2 Å². The van der Waals surface area contributed by atoms with Gasteiger partial charge in [-0.2, -0.15) is 13.2 Å². The molecule has 142 valence electrons. The third-order valence-corrected chi connectivity index (χ3v) is 3.98. The lowest BCUT2D eigenvalue weighted by Crippen LogP contribution is -2.47. The van der Waals surface area contributed by atoms with Gasteiger partial charge in [-0.3, -0.25) is 4.79 Å². The van der Waals surface area contributed by atoms with Crippen molar-refractivity contribution in [1.29, 1.82) is 0 Å². The molecule has 2 N–H and O–H groups in total. The van der Waals surface area contributed by atoms with Crippen LogP contribution in [0.15, 0.2) is 30.3 Å². The summed E-state index contributed by atoms with van der Waals surface area (Å²) < 4.78 is 49.0. The van der Waals surface area contributed by atoms with Crippen LogP contribution >= 0.6 is 0 Å². The topological polar surface area (TPSA) is 67.8 Å². The molecule has 8 heteroatoms. The number of carbonyl (C=O) groups excluding carboxylic acids is 1. The van der Waals surface area contributed by atoms with E-state index in [2.05, 4.69) is 0 Å². The van der Waals surface area contributed by atoms with Crippen molar-refractivity contribution in [2.75, 3.05) is 14.2 Å². The van der Waals surface area contributed by atoms with E-state index in [1.54, 1.807) is 24.3 Å². The summed E-state index contributed by atoms with van der Waals surface area (Å²) in [6, 6.07) is 6.96. The summed E-state index contributed by atoms with van der Waals surface area (Å²) in [7, 11) is 2.81. The van der Waals surface area contributed by atoms with Crippen LogP contribution in [0.3, 0.4) is 0 Å². The number of hydrogen-bond acceptors (Lipinski definition) is 4. The summed E-state index contributed by atoms with van der Waals surface area (Å²) >= 11 is 0. The van der Waals surface area contributed by atoms with Gasteiger partial charge < -0.3 is 19.9 Å². The highest BCUT2D eigenvalue weighted by atomic mass is 19.4. The highest BCUT2D eigenvalue weighted by Crippen LogP contribution is 2.42. The average molecular weight is 371 g/mol. The third-order valence-electron chi connectivity index (χ3n) is 3.98. The number of amides is 1. The fourth-order valence-corrected chi connectivity index (χ4v) is 2.79. The van der Waals surface area contributed by atoms with Gasteiger partial charge in [-0.1, -0.05) is 24.3 Å². The normalized spacial score (nSPS) is 13.4. The molecule has 0 radical (unpaired) electrons. The van der Waals surface area contributed by atoms with Crippen molar-refractivity contribution in [3.63, 3.8) is 0 Å². The van der Waals surface area contributed by atoms with Crippen molar-refractivity contribution in [3.05, 3.63) is 35.9 Å². The van der Waals surface area contributed by atoms with Crippen molar-refractivity contribution in [3.8, 4) is 11.5 Å². The number of fused-ring (bicyclic) bond motifs is 1. The van der Waals surface area contributed by atoms with E-state index in [0.29, 0.717) is 16.5 Å². The van der Waals surface area contributed by atoms with Crippen LogP contribution in [-0.2, 0) is 4.79 Å². The van der Waals surface area contributed by atoms with Crippen molar-refractivity contribution < 1.29 is 32.5 Å². The Labute approximate surface area is 148 Å². The minimum Gasteiger partial charge on any atom is -0.496 e. The zero-order valence-corrected chi connectivity index (χ0v) is 14.8. The smallest absolute Gasteiger partial charge is 0.471 e. The molecule has 2 aromatic carbocycles. The molecule has 0 aliphatic carbocycles. The molecule has 2 rings (SSSR count). The molecule has 0 aliphatic heterocycles. The number of alkyl halides is 3. The number of benzene rings is 2. The van der Waals surface area contributed by atoms with Crippen molar-refractivity contribution in [2.45, 2.75) is 31.7 Å². The lowest BCUT2D eigenvalue weighted by Gasteiger charge is -2.33. The van der Waals surface area contributed by atoms with E-state index < -0.39 is 23.7 Å². The molecule has 0 fully saturated rings. The van der Waals surface area contributed by atoms with E-state index in [0.717, 1.165) is 0 Å². The minimum absolute atomic E-state index is 0.190. The quantitative estimate of drug-likeness (QED) is 0.846. The van der Waals surface area contributed by atoms with Crippen LogP contribution in [0.1, 0.15) is 25.5 Å². The number of methoxy groups -OCH3 is 2. The number of carbonyl (C=O) groups is 1. The first-order chi connectivity index (χ1) is 12.0. The zero-order chi connectivity index (χ0) is 19.7. The van der Waals surface area contributed by atoms with Gasteiger partial charge in [0.15, 0.2) is 0 Å². The Morgan fingerprint density at radius 2 is 1.62 bits per heavy atom. The van der Waals surface area contributed by atoms with Gasteiger partial charge in [-0.15, -0.1) is 0 Å². The molecule has 5 nitrogen and oxygen atoms in total. The number of nitrogens with one attached hydrogen (secondary N) is 1. The number of rotatable bonds is 5. The number of hydrogen-bond donors (Lipinski definition) is 2. The van der Waals surface area contributed by atoms with Gasteiger partial charge >= 0.3 is 12.1 Å². The molecule has 1 atom stereocenters. The van der Waals surface area contributed by atoms with E-state index in [-0.39, 0.29) is 11.3 Å². The van der Waals surface area contributed by atoms with Crippen LogP contribution in [0.5, 0.6) is 11.5 Å². The van der Waals surface area contributed by atoms with Crippen molar-refractivity contribution >= 4 is 16.7 Å². The molecule has 0 aromatic heterocycles. The van der Waals surface area contributed by atoms with Gasteiger partial charge in [0.25, 0.3) is 0 Å². The molecule has 0 saturated carbocycles. The largest absolute Gasteiger partial charge is 0.496 e. The lowest BCUT2D eigenvalue weighted by atomic mass is 9.87. The number of aliphatic hydroxyl groups is 1. The summed E-state index contributed by atoms with van der Waals surface area (Å²) in [5.41, 5.74) is -1.47. The molecule has 0 spiro atoms. The van der Waals surface area contributed by atoms with Gasteiger partial charge in [0, 0.05) is 17.0 Å². The predicted molar refractivity (Wildman–Crippen MR) is 90.3 cm³/mol. The Morgan fingerprint density at radius 3 is 2.08 bits per heavy atom. The SMILES string of the molecule is COc1cc(OC)c2ccccc2c1C(NC(=O)C(F)(F)F)C(C)(C)O. The molecule has 0 bridgehead atoms. The van der Waals surface area contributed by atoms with E-state index in [9.17, 15) is 23.1 Å². The second kappa shape index (κ2) is 7.03. The van der Waals surface area contributed by atoms with Crippen LogP contribution in [-0.4, -0.2) is 37.0 Å². The van der Waals surface area contributed by atoms with Crippen LogP contribution < -0.4 is 14.8 Å². The Balaban J connectivity index is 2.75. The molecule has 26 heavy (non-hydrogen) atoms. The monoisotopic (exact) mass is 371 g/mol. The summed E-state index contributed by atoms with van der Waals surface area (Å²) in [5, 5.41) is 13.5. The fourth-order valence-electron chi connectivity index (χ4n) is 2.79. The first-order valence-corrected chi connectivity index (χ1v) is 7.74. The summed E-state index contributed by atoms with van der Waals surface area (Å²) in [5.74, 6) is -1.50. The maximum atomic E-state index is 12.8.